The Kier molecular flexibility index (Phi) is 8.63. The highest BCUT2D eigenvalue weighted by Crippen LogP contribution is 2.32. The van der Waals surface area contributed by atoms with E-state index in [1.54, 1.807) is 30.3 Å². The van der Waals surface area contributed by atoms with Gasteiger partial charge in [-0.2, -0.15) is 0 Å². The van der Waals surface area contributed by atoms with E-state index < -0.39 is 6.04 Å². The van der Waals surface area contributed by atoms with Gasteiger partial charge in [-0.25, -0.2) is 0 Å². The zero-order chi connectivity index (χ0) is 26.5. The average Bonchev–Trinajstić information content (AvgIpc) is 3.31. The van der Waals surface area contributed by atoms with Gasteiger partial charge in [0.2, 0.25) is 0 Å². The molecule has 0 aliphatic carbocycles. The predicted octanol–water partition coefficient (Wildman–Crippen LogP) is 6.68. The second kappa shape index (κ2) is 11.9. The number of thioether (sulfide) groups is 1. The first-order chi connectivity index (χ1) is 17.8. The molecule has 7 nitrogen and oxygen atoms in total. The van der Waals surface area contributed by atoms with Gasteiger partial charge in [0.25, 0.3) is 5.91 Å². The lowest BCUT2D eigenvalue weighted by Gasteiger charge is -2.18. The number of aromatic nitrogens is 3. The first kappa shape index (κ1) is 26.9. The van der Waals surface area contributed by atoms with Gasteiger partial charge in [0, 0.05) is 22.4 Å². The van der Waals surface area contributed by atoms with Crippen LogP contribution in [0.2, 0.25) is 10.0 Å². The third-order valence-corrected chi connectivity index (χ3v) is 7.15. The van der Waals surface area contributed by atoms with Crippen LogP contribution in [0.15, 0.2) is 65.8 Å². The fraction of sp³-hybridized carbons (Fsp3) is 0.222. The minimum Gasteiger partial charge on any atom is -0.497 e. The number of hydrogen-bond acceptors (Lipinski definition) is 6. The predicted molar refractivity (Wildman–Crippen MR) is 148 cm³/mol. The van der Waals surface area contributed by atoms with Crippen molar-refractivity contribution >= 4 is 40.9 Å². The average molecular weight is 558 g/mol. The van der Waals surface area contributed by atoms with Crippen LogP contribution in [0.4, 0.5) is 0 Å². The Bertz CT molecular complexity index is 1400. The molecule has 0 radical (unpaired) electrons. The maximum Gasteiger partial charge on any atom is 0.252 e. The van der Waals surface area contributed by atoms with Gasteiger partial charge >= 0.3 is 0 Å². The maximum atomic E-state index is 13.1. The topological polar surface area (TPSA) is 78.3 Å². The molecule has 1 aromatic heterocycles. The SMILES string of the molecule is COc1cc(OC)cc(C(=O)NC(C)c2nnc(SCc3cccc(C)c3)n2-c2ccc(Cl)cc2Cl)c1. The van der Waals surface area contributed by atoms with Crippen LogP contribution in [0, 0.1) is 6.92 Å². The summed E-state index contributed by atoms with van der Waals surface area (Å²) in [5.41, 5.74) is 3.41. The molecule has 0 spiro atoms. The van der Waals surface area contributed by atoms with Gasteiger partial charge in [0.1, 0.15) is 11.5 Å². The Morgan fingerprint density at radius 1 is 1.03 bits per heavy atom. The van der Waals surface area contributed by atoms with Gasteiger partial charge in [0.15, 0.2) is 11.0 Å². The summed E-state index contributed by atoms with van der Waals surface area (Å²) in [6.45, 7) is 3.90. The van der Waals surface area contributed by atoms with E-state index in [0.29, 0.717) is 49.5 Å². The number of nitrogens with one attached hydrogen (secondary N) is 1. The molecule has 10 heteroatoms. The lowest BCUT2D eigenvalue weighted by Crippen LogP contribution is -2.28. The molecule has 0 saturated heterocycles. The summed E-state index contributed by atoms with van der Waals surface area (Å²) in [6.07, 6.45) is 0. The molecule has 0 saturated carbocycles. The van der Waals surface area contributed by atoms with E-state index in [2.05, 4.69) is 40.6 Å². The fourth-order valence-corrected chi connectivity index (χ4v) is 5.16. The van der Waals surface area contributed by atoms with E-state index >= 15 is 0 Å². The van der Waals surface area contributed by atoms with E-state index in [4.69, 9.17) is 32.7 Å². The molecule has 1 heterocycles. The Morgan fingerprint density at radius 2 is 1.76 bits per heavy atom. The van der Waals surface area contributed by atoms with E-state index in [9.17, 15) is 4.79 Å². The summed E-state index contributed by atoms with van der Waals surface area (Å²) in [4.78, 5) is 13.1. The standard InChI is InChI=1S/C27H26Cl2N4O3S/c1-16-6-5-7-18(10-16)15-37-27-32-31-25(33(27)24-9-8-20(28)13-23(24)29)17(2)30-26(34)19-11-21(35-3)14-22(12-19)36-4/h5-14,17H,15H2,1-4H3,(H,30,34). The minimum absolute atomic E-state index is 0.310. The molecule has 4 rings (SSSR count). The summed E-state index contributed by atoms with van der Waals surface area (Å²) in [5, 5.41) is 13.5. The summed E-state index contributed by atoms with van der Waals surface area (Å²) >= 11 is 14.3. The first-order valence-corrected chi connectivity index (χ1v) is 13.2. The fourth-order valence-electron chi connectivity index (χ4n) is 3.78. The quantitative estimate of drug-likeness (QED) is 0.231. The third kappa shape index (κ3) is 6.39. The van der Waals surface area contributed by atoms with Gasteiger partial charge in [-0.1, -0.05) is 64.8 Å². The highest BCUT2D eigenvalue weighted by atomic mass is 35.5. The largest absolute Gasteiger partial charge is 0.497 e. The maximum absolute atomic E-state index is 13.1. The van der Waals surface area contributed by atoms with E-state index in [1.807, 2.05) is 23.6 Å². The Morgan fingerprint density at radius 3 is 2.41 bits per heavy atom. The smallest absolute Gasteiger partial charge is 0.252 e. The highest BCUT2D eigenvalue weighted by molar-refractivity contribution is 7.98. The van der Waals surface area contributed by atoms with Crippen molar-refractivity contribution in [2.75, 3.05) is 14.2 Å². The van der Waals surface area contributed by atoms with Crippen molar-refractivity contribution in [1.82, 2.24) is 20.1 Å². The van der Waals surface area contributed by atoms with Crippen LogP contribution >= 0.6 is 35.0 Å². The molecule has 1 unspecified atom stereocenters. The molecule has 4 aromatic rings. The number of rotatable bonds is 9. The highest BCUT2D eigenvalue weighted by Gasteiger charge is 2.23. The third-order valence-electron chi connectivity index (χ3n) is 5.61. The lowest BCUT2D eigenvalue weighted by atomic mass is 10.1. The first-order valence-electron chi connectivity index (χ1n) is 11.4. The number of halogens is 2. The second-order valence-electron chi connectivity index (χ2n) is 8.35. The second-order valence-corrected chi connectivity index (χ2v) is 10.1. The van der Waals surface area contributed by atoms with Crippen LogP contribution in [0.5, 0.6) is 11.5 Å². The van der Waals surface area contributed by atoms with Crippen molar-refractivity contribution in [1.29, 1.82) is 0 Å². The molecule has 0 fully saturated rings. The monoisotopic (exact) mass is 556 g/mol. The number of nitrogens with zero attached hydrogens (tertiary/aromatic N) is 3. The van der Waals surface area contributed by atoms with Crippen molar-refractivity contribution in [3.8, 4) is 17.2 Å². The van der Waals surface area contributed by atoms with Crippen molar-refractivity contribution in [3.63, 3.8) is 0 Å². The molecule has 1 amide bonds. The summed E-state index contributed by atoms with van der Waals surface area (Å²) in [6, 6.07) is 18.0. The van der Waals surface area contributed by atoms with E-state index in [-0.39, 0.29) is 5.91 Å². The van der Waals surface area contributed by atoms with Crippen molar-refractivity contribution in [2.45, 2.75) is 30.8 Å². The van der Waals surface area contributed by atoms with E-state index in [1.165, 1.54) is 31.5 Å². The Balaban J connectivity index is 1.66. The normalized spacial score (nSPS) is 11.7. The molecular formula is C27H26Cl2N4O3S. The number of carbonyl (C=O) groups is 1. The van der Waals surface area contributed by atoms with Gasteiger partial charge in [0.05, 0.1) is 31.0 Å². The van der Waals surface area contributed by atoms with Crippen LogP contribution in [0.25, 0.3) is 5.69 Å². The molecule has 3 aromatic carbocycles. The van der Waals surface area contributed by atoms with Gasteiger partial charge < -0.3 is 14.8 Å². The number of aryl methyl sites for hydroxylation is 1. The molecule has 1 atom stereocenters. The number of hydrogen-bond donors (Lipinski definition) is 1. The Hall–Kier alpha value is -3.20. The molecule has 0 aliphatic rings. The van der Waals surface area contributed by atoms with Gasteiger partial charge in [-0.05, 0) is 49.7 Å². The number of ether oxygens (including phenoxy) is 2. The molecule has 0 bridgehead atoms. The van der Waals surface area contributed by atoms with Crippen LogP contribution < -0.4 is 14.8 Å². The number of methoxy groups -OCH3 is 2. The van der Waals surface area contributed by atoms with Crippen LogP contribution in [0.1, 0.15) is 40.3 Å². The van der Waals surface area contributed by atoms with Crippen LogP contribution in [-0.2, 0) is 5.75 Å². The summed E-state index contributed by atoms with van der Waals surface area (Å²) in [5.74, 6) is 1.94. The molecule has 37 heavy (non-hydrogen) atoms. The van der Waals surface area contributed by atoms with Gasteiger partial charge in [-0.3, -0.25) is 9.36 Å². The summed E-state index contributed by atoms with van der Waals surface area (Å²) < 4.78 is 12.4. The lowest BCUT2D eigenvalue weighted by molar-refractivity contribution is 0.0937. The van der Waals surface area contributed by atoms with Gasteiger partial charge in [-0.15, -0.1) is 10.2 Å². The number of carbonyl (C=O) groups excluding carboxylic acids is 1. The van der Waals surface area contributed by atoms with Crippen LogP contribution in [0.3, 0.4) is 0 Å². The van der Waals surface area contributed by atoms with Crippen molar-refractivity contribution in [2.24, 2.45) is 0 Å². The minimum atomic E-state index is -0.503. The molecule has 1 N–H and O–H groups in total. The molecule has 0 aliphatic heterocycles. The zero-order valence-corrected chi connectivity index (χ0v) is 23.1. The van der Waals surface area contributed by atoms with Crippen molar-refractivity contribution < 1.29 is 14.3 Å². The van der Waals surface area contributed by atoms with Crippen LogP contribution in [-0.4, -0.2) is 34.9 Å². The number of amides is 1. The zero-order valence-electron chi connectivity index (χ0n) is 20.8. The van der Waals surface area contributed by atoms with Crippen molar-refractivity contribution in [3.05, 3.63) is 93.2 Å². The van der Waals surface area contributed by atoms with E-state index in [0.717, 1.165) is 5.56 Å². The number of benzene rings is 3. The molecular weight excluding hydrogens is 531 g/mol. The molecule has 192 valence electrons. The summed E-state index contributed by atoms with van der Waals surface area (Å²) in [7, 11) is 3.07. The Labute approximate surface area is 230 Å².